The van der Waals surface area contributed by atoms with Crippen molar-refractivity contribution in [2.75, 3.05) is 23.7 Å². The Balaban J connectivity index is 2.40. The molecule has 0 aromatic heterocycles. The second-order valence-electron chi connectivity index (χ2n) is 7.21. The molecular formula is C22H27ClFN3O4S. The van der Waals surface area contributed by atoms with Crippen LogP contribution in [0.2, 0.25) is 5.02 Å². The number of amides is 2. The van der Waals surface area contributed by atoms with E-state index in [0.717, 1.165) is 28.3 Å². The number of anilines is 1. The standard InChI is InChI=1S/C22H27ClFN3O4S/c1-4-20(22(29)25-5-2)26(14-16-6-8-17(23)9-7-16)21(28)15-27(32(3,30)31)19-12-10-18(24)11-13-19/h6-13,20H,4-5,14-15H2,1-3H3,(H,25,29). The van der Waals surface area contributed by atoms with Crippen LogP contribution < -0.4 is 9.62 Å². The van der Waals surface area contributed by atoms with Gasteiger partial charge in [-0.3, -0.25) is 13.9 Å². The van der Waals surface area contributed by atoms with Crippen molar-refractivity contribution in [2.45, 2.75) is 32.9 Å². The van der Waals surface area contributed by atoms with Gasteiger partial charge >= 0.3 is 0 Å². The molecule has 0 saturated heterocycles. The van der Waals surface area contributed by atoms with Crippen LogP contribution >= 0.6 is 11.6 Å². The van der Waals surface area contributed by atoms with Crippen molar-refractivity contribution in [1.29, 1.82) is 0 Å². The van der Waals surface area contributed by atoms with E-state index < -0.39 is 34.3 Å². The third-order valence-corrected chi connectivity index (χ3v) is 6.19. The van der Waals surface area contributed by atoms with Gasteiger partial charge < -0.3 is 10.2 Å². The van der Waals surface area contributed by atoms with Gasteiger partial charge in [-0.05, 0) is 55.3 Å². The molecule has 0 heterocycles. The molecule has 0 aliphatic heterocycles. The number of hydrogen-bond acceptors (Lipinski definition) is 4. The molecular weight excluding hydrogens is 457 g/mol. The lowest BCUT2D eigenvalue weighted by Gasteiger charge is -2.32. The fourth-order valence-corrected chi connectivity index (χ4v) is 4.19. The van der Waals surface area contributed by atoms with Crippen LogP contribution in [0.3, 0.4) is 0 Å². The van der Waals surface area contributed by atoms with Gasteiger partial charge in [0.15, 0.2) is 0 Å². The maximum Gasteiger partial charge on any atom is 0.244 e. The SMILES string of the molecule is CCNC(=O)C(CC)N(Cc1ccc(Cl)cc1)C(=O)CN(c1ccc(F)cc1)S(C)(=O)=O. The molecule has 0 aliphatic rings. The molecule has 1 N–H and O–H groups in total. The van der Waals surface area contributed by atoms with Crippen LogP contribution in [-0.4, -0.2) is 50.5 Å². The number of carbonyl (C=O) groups is 2. The average Bonchev–Trinajstić information content (AvgIpc) is 2.73. The smallest absolute Gasteiger partial charge is 0.244 e. The van der Waals surface area contributed by atoms with Crippen molar-refractivity contribution < 1.29 is 22.4 Å². The number of carbonyl (C=O) groups excluding carboxylic acids is 2. The minimum absolute atomic E-state index is 0.0899. The number of hydrogen-bond donors (Lipinski definition) is 1. The first kappa shape index (κ1) is 25.6. The van der Waals surface area contributed by atoms with Crippen molar-refractivity contribution >= 4 is 39.1 Å². The van der Waals surface area contributed by atoms with Gasteiger partial charge in [-0.25, -0.2) is 12.8 Å². The van der Waals surface area contributed by atoms with Crippen LogP contribution in [0.4, 0.5) is 10.1 Å². The van der Waals surface area contributed by atoms with E-state index in [1.54, 1.807) is 38.1 Å². The minimum Gasteiger partial charge on any atom is -0.355 e. The Morgan fingerprint density at radius 3 is 2.16 bits per heavy atom. The number of sulfonamides is 1. The number of benzene rings is 2. The summed E-state index contributed by atoms with van der Waals surface area (Å²) in [5.41, 5.74) is 0.887. The lowest BCUT2D eigenvalue weighted by Crippen LogP contribution is -2.52. The molecule has 0 aliphatic carbocycles. The predicted octanol–water partition coefficient (Wildman–Crippen LogP) is 3.19. The summed E-state index contributed by atoms with van der Waals surface area (Å²) in [4.78, 5) is 27.4. The fourth-order valence-electron chi connectivity index (χ4n) is 3.22. The maximum atomic E-state index is 13.4. The molecule has 0 fully saturated rings. The first-order chi connectivity index (χ1) is 15.1. The van der Waals surface area contributed by atoms with Gasteiger partial charge in [0.25, 0.3) is 0 Å². The first-order valence-corrected chi connectivity index (χ1v) is 12.3. The summed E-state index contributed by atoms with van der Waals surface area (Å²) in [6.45, 7) is 3.50. The van der Waals surface area contributed by atoms with Crippen LogP contribution in [0, 0.1) is 5.82 Å². The van der Waals surface area contributed by atoms with E-state index in [-0.39, 0.29) is 18.1 Å². The second-order valence-corrected chi connectivity index (χ2v) is 9.56. The zero-order valence-electron chi connectivity index (χ0n) is 18.2. The van der Waals surface area contributed by atoms with Crippen molar-refractivity contribution in [3.8, 4) is 0 Å². The molecule has 2 amide bonds. The highest BCUT2D eigenvalue weighted by Crippen LogP contribution is 2.20. The molecule has 32 heavy (non-hydrogen) atoms. The second kappa shape index (κ2) is 11.3. The zero-order valence-corrected chi connectivity index (χ0v) is 19.8. The van der Waals surface area contributed by atoms with Crippen LogP contribution in [0.15, 0.2) is 48.5 Å². The summed E-state index contributed by atoms with van der Waals surface area (Å²) in [6.07, 6.45) is 1.30. The van der Waals surface area contributed by atoms with Crippen LogP contribution in [-0.2, 0) is 26.2 Å². The molecule has 1 unspecified atom stereocenters. The lowest BCUT2D eigenvalue weighted by molar-refractivity contribution is -0.140. The summed E-state index contributed by atoms with van der Waals surface area (Å²) in [7, 11) is -3.86. The van der Waals surface area contributed by atoms with Crippen molar-refractivity contribution in [3.63, 3.8) is 0 Å². The number of rotatable bonds is 10. The molecule has 7 nitrogen and oxygen atoms in total. The molecule has 174 valence electrons. The lowest BCUT2D eigenvalue weighted by atomic mass is 10.1. The van der Waals surface area contributed by atoms with Gasteiger partial charge in [0.05, 0.1) is 11.9 Å². The van der Waals surface area contributed by atoms with Gasteiger partial charge in [0.2, 0.25) is 21.8 Å². The summed E-state index contributed by atoms with van der Waals surface area (Å²) in [5, 5.41) is 3.25. The van der Waals surface area contributed by atoms with E-state index in [1.807, 2.05) is 0 Å². The Hall–Kier alpha value is -2.65. The van der Waals surface area contributed by atoms with E-state index in [0.29, 0.717) is 18.0 Å². The Labute approximate surface area is 193 Å². The van der Waals surface area contributed by atoms with Crippen molar-refractivity contribution in [1.82, 2.24) is 10.2 Å². The molecule has 10 heteroatoms. The summed E-state index contributed by atoms with van der Waals surface area (Å²) < 4.78 is 39.0. The van der Waals surface area contributed by atoms with Gasteiger partial charge in [0.1, 0.15) is 18.4 Å². The number of nitrogens with one attached hydrogen (secondary N) is 1. The third kappa shape index (κ3) is 6.93. The summed E-state index contributed by atoms with van der Waals surface area (Å²) in [6, 6.07) is 10.8. The van der Waals surface area contributed by atoms with Gasteiger partial charge in [-0.2, -0.15) is 0 Å². The van der Waals surface area contributed by atoms with E-state index in [4.69, 9.17) is 11.6 Å². The minimum atomic E-state index is -3.86. The monoisotopic (exact) mass is 483 g/mol. The van der Waals surface area contributed by atoms with Crippen molar-refractivity contribution in [3.05, 3.63) is 64.9 Å². The molecule has 1 atom stereocenters. The Bertz CT molecular complexity index is 1030. The van der Waals surface area contributed by atoms with E-state index in [1.165, 1.54) is 17.0 Å². The average molecular weight is 484 g/mol. The summed E-state index contributed by atoms with van der Waals surface area (Å²) >= 11 is 5.95. The van der Waals surface area contributed by atoms with E-state index in [9.17, 15) is 22.4 Å². The first-order valence-electron chi connectivity index (χ1n) is 10.1. The number of nitrogens with zero attached hydrogens (tertiary/aromatic N) is 2. The van der Waals surface area contributed by atoms with Crippen LogP contribution in [0.5, 0.6) is 0 Å². The van der Waals surface area contributed by atoms with Gasteiger partial charge in [-0.15, -0.1) is 0 Å². The van der Waals surface area contributed by atoms with Crippen LogP contribution in [0.25, 0.3) is 0 Å². The predicted molar refractivity (Wildman–Crippen MR) is 123 cm³/mol. The number of halogens is 2. The number of likely N-dealkylation sites (N-methyl/N-ethyl adjacent to an activating group) is 1. The van der Waals surface area contributed by atoms with E-state index in [2.05, 4.69) is 5.32 Å². The maximum absolute atomic E-state index is 13.4. The normalized spacial score (nSPS) is 12.2. The highest BCUT2D eigenvalue weighted by molar-refractivity contribution is 7.92. The Kier molecular flexibility index (Phi) is 9.03. The molecule has 2 aromatic carbocycles. The molecule has 0 saturated carbocycles. The van der Waals surface area contributed by atoms with Gasteiger partial charge in [-0.1, -0.05) is 30.7 Å². The molecule has 2 aromatic rings. The summed E-state index contributed by atoms with van der Waals surface area (Å²) in [5.74, 6) is -1.42. The molecule has 0 radical (unpaired) electrons. The highest BCUT2D eigenvalue weighted by Gasteiger charge is 2.31. The Morgan fingerprint density at radius 2 is 1.66 bits per heavy atom. The highest BCUT2D eigenvalue weighted by atomic mass is 35.5. The van der Waals surface area contributed by atoms with Gasteiger partial charge in [0, 0.05) is 18.1 Å². The molecule has 2 rings (SSSR count). The van der Waals surface area contributed by atoms with Crippen molar-refractivity contribution in [2.24, 2.45) is 0 Å². The molecule has 0 bridgehead atoms. The topological polar surface area (TPSA) is 86.8 Å². The largest absolute Gasteiger partial charge is 0.355 e. The quantitative estimate of drug-likeness (QED) is 0.562. The third-order valence-electron chi connectivity index (χ3n) is 4.80. The fraction of sp³-hybridized carbons (Fsp3) is 0.364. The van der Waals surface area contributed by atoms with E-state index >= 15 is 0 Å². The Morgan fingerprint density at radius 1 is 1.06 bits per heavy atom. The van der Waals surface area contributed by atoms with Crippen LogP contribution in [0.1, 0.15) is 25.8 Å². The zero-order chi connectivity index (χ0) is 23.9. The molecule has 0 spiro atoms.